The normalized spacial score (nSPS) is 11.9. The number of hydrogen-bond acceptors (Lipinski definition) is 6. The SMILES string of the molecule is CN(C)Cc1cccc(C(=O)N[C@@H](Cc2cccc(C(=O)O)c2O)B(O)O)c1. The molecule has 8 nitrogen and oxygen atoms in total. The summed E-state index contributed by atoms with van der Waals surface area (Å²) in [4.78, 5) is 25.6. The lowest BCUT2D eigenvalue weighted by Gasteiger charge is -2.19. The van der Waals surface area contributed by atoms with Crippen molar-refractivity contribution in [2.24, 2.45) is 0 Å². The minimum Gasteiger partial charge on any atom is -0.507 e. The summed E-state index contributed by atoms with van der Waals surface area (Å²) in [5.74, 6) is -3.42. The first-order chi connectivity index (χ1) is 13.2. The van der Waals surface area contributed by atoms with Crippen LogP contribution < -0.4 is 5.32 Å². The van der Waals surface area contributed by atoms with Crippen LogP contribution in [0.2, 0.25) is 0 Å². The van der Waals surface area contributed by atoms with E-state index in [2.05, 4.69) is 5.32 Å². The summed E-state index contributed by atoms with van der Waals surface area (Å²) in [5.41, 5.74) is 1.16. The number of phenols is 1. The highest BCUT2D eigenvalue weighted by Gasteiger charge is 2.28. The molecule has 0 saturated carbocycles. The van der Waals surface area contributed by atoms with Crippen LogP contribution in [0.3, 0.4) is 0 Å². The predicted molar refractivity (Wildman–Crippen MR) is 104 cm³/mol. The molecule has 0 bridgehead atoms. The van der Waals surface area contributed by atoms with Gasteiger partial charge in [-0.25, -0.2) is 4.79 Å². The fourth-order valence-corrected chi connectivity index (χ4v) is 2.82. The molecule has 28 heavy (non-hydrogen) atoms. The van der Waals surface area contributed by atoms with Gasteiger partial charge in [0, 0.05) is 12.1 Å². The molecule has 5 N–H and O–H groups in total. The maximum absolute atomic E-state index is 12.5. The number of carboxylic acids is 1. The van der Waals surface area contributed by atoms with Gasteiger partial charge in [-0.1, -0.05) is 24.3 Å². The second-order valence-corrected chi connectivity index (χ2v) is 6.75. The lowest BCUT2D eigenvalue weighted by atomic mass is 9.75. The number of carboxylic acid groups (broad SMARTS) is 1. The number of amides is 1. The predicted octanol–water partition coefficient (Wildman–Crippen LogP) is 0.505. The number of hydrogen-bond donors (Lipinski definition) is 5. The monoisotopic (exact) mass is 386 g/mol. The Morgan fingerprint density at radius 2 is 1.82 bits per heavy atom. The Hall–Kier alpha value is -2.88. The molecule has 0 fully saturated rings. The first-order valence-electron chi connectivity index (χ1n) is 8.64. The number of nitrogens with one attached hydrogen (secondary N) is 1. The van der Waals surface area contributed by atoms with Gasteiger partial charge in [0.15, 0.2) is 0 Å². The van der Waals surface area contributed by atoms with Crippen LogP contribution in [0.25, 0.3) is 0 Å². The topological polar surface area (TPSA) is 130 Å². The van der Waals surface area contributed by atoms with Gasteiger partial charge in [0.1, 0.15) is 11.3 Å². The van der Waals surface area contributed by atoms with E-state index in [4.69, 9.17) is 5.11 Å². The quantitative estimate of drug-likeness (QED) is 0.418. The van der Waals surface area contributed by atoms with E-state index in [1.54, 1.807) is 18.2 Å². The summed E-state index contributed by atoms with van der Waals surface area (Å²) in [6.07, 6.45) is -0.159. The smallest absolute Gasteiger partial charge is 0.475 e. The van der Waals surface area contributed by atoms with Crippen molar-refractivity contribution in [1.29, 1.82) is 0 Å². The fourth-order valence-electron chi connectivity index (χ4n) is 2.82. The molecule has 1 atom stereocenters. The van der Waals surface area contributed by atoms with E-state index in [1.165, 1.54) is 18.2 Å². The number of benzene rings is 2. The van der Waals surface area contributed by atoms with Gasteiger partial charge in [-0.2, -0.15) is 0 Å². The summed E-state index contributed by atoms with van der Waals surface area (Å²) in [6.45, 7) is 0.642. The fraction of sp³-hybridized carbons (Fsp3) is 0.263. The van der Waals surface area contributed by atoms with E-state index >= 15 is 0 Å². The van der Waals surface area contributed by atoms with Crippen LogP contribution in [0, 0.1) is 0 Å². The summed E-state index contributed by atoms with van der Waals surface area (Å²) in [7, 11) is 1.91. The van der Waals surface area contributed by atoms with Gasteiger partial charge >= 0.3 is 13.1 Å². The number of aromatic hydroxyl groups is 1. The highest BCUT2D eigenvalue weighted by Crippen LogP contribution is 2.24. The summed E-state index contributed by atoms with van der Waals surface area (Å²) in [6, 6.07) is 11.1. The number of para-hydroxylation sites is 1. The summed E-state index contributed by atoms with van der Waals surface area (Å²) in [5, 5.41) is 41.0. The van der Waals surface area contributed by atoms with Crippen molar-refractivity contribution in [1.82, 2.24) is 10.2 Å². The lowest BCUT2D eigenvalue weighted by Crippen LogP contribution is -2.48. The molecule has 0 spiro atoms. The van der Waals surface area contributed by atoms with Crippen LogP contribution >= 0.6 is 0 Å². The van der Waals surface area contributed by atoms with E-state index in [0.29, 0.717) is 12.1 Å². The Morgan fingerprint density at radius 3 is 2.43 bits per heavy atom. The third kappa shape index (κ3) is 5.56. The van der Waals surface area contributed by atoms with Gasteiger partial charge < -0.3 is 30.5 Å². The third-order valence-electron chi connectivity index (χ3n) is 4.15. The molecule has 2 aromatic carbocycles. The average Bonchev–Trinajstić information content (AvgIpc) is 2.61. The number of carbonyl (C=O) groups is 2. The highest BCUT2D eigenvalue weighted by atomic mass is 16.4. The van der Waals surface area contributed by atoms with Gasteiger partial charge in [0.05, 0.1) is 5.94 Å². The molecule has 0 saturated heterocycles. The Bertz CT molecular complexity index is 856. The molecular formula is C19H23BN2O6. The molecule has 2 rings (SSSR count). The van der Waals surface area contributed by atoms with Gasteiger partial charge in [-0.3, -0.25) is 4.79 Å². The van der Waals surface area contributed by atoms with Crippen molar-refractivity contribution in [2.75, 3.05) is 14.1 Å². The second kappa shape index (κ2) is 9.36. The van der Waals surface area contributed by atoms with Gasteiger partial charge in [-0.15, -0.1) is 0 Å². The summed E-state index contributed by atoms with van der Waals surface area (Å²) >= 11 is 0. The van der Waals surface area contributed by atoms with Crippen molar-refractivity contribution in [3.05, 3.63) is 64.7 Å². The van der Waals surface area contributed by atoms with Gasteiger partial charge in [-0.05, 0) is 49.8 Å². The van der Waals surface area contributed by atoms with E-state index in [9.17, 15) is 24.7 Å². The maximum Gasteiger partial charge on any atom is 0.475 e. The number of carbonyl (C=O) groups excluding carboxylic acids is 1. The zero-order valence-corrected chi connectivity index (χ0v) is 15.7. The largest absolute Gasteiger partial charge is 0.507 e. The molecule has 0 aromatic heterocycles. The Balaban J connectivity index is 2.19. The first-order valence-corrected chi connectivity index (χ1v) is 8.64. The molecule has 0 aliphatic carbocycles. The molecule has 9 heteroatoms. The Morgan fingerprint density at radius 1 is 1.14 bits per heavy atom. The summed E-state index contributed by atoms with van der Waals surface area (Å²) < 4.78 is 0. The zero-order valence-electron chi connectivity index (χ0n) is 15.7. The van der Waals surface area contributed by atoms with E-state index in [1.807, 2.05) is 25.1 Å². The minimum absolute atomic E-state index is 0.159. The molecule has 0 aliphatic rings. The molecule has 0 unspecified atom stereocenters. The van der Waals surface area contributed by atoms with Crippen molar-refractivity contribution in [3.8, 4) is 5.75 Å². The number of nitrogens with zero attached hydrogens (tertiary/aromatic N) is 1. The van der Waals surface area contributed by atoms with Crippen molar-refractivity contribution >= 4 is 19.0 Å². The Labute approximate surface area is 163 Å². The van der Waals surface area contributed by atoms with Crippen molar-refractivity contribution in [2.45, 2.75) is 18.9 Å². The Kier molecular flexibility index (Phi) is 7.16. The number of aromatic carboxylic acids is 1. The molecule has 2 aromatic rings. The van der Waals surface area contributed by atoms with Crippen LogP contribution in [-0.2, 0) is 13.0 Å². The third-order valence-corrected chi connectivity index (χ3v) is 4.15. The van der Waals surface area contributed by atoms with Crippen LogP contribution in [-0.4, -0.2) is 64.2 Å². The van der Waals surface area contributed by atoms with Crippen molar-refractivity contribution < 1.29 is 29.9 Å². The van der Waals surface area contributed by atoms with E-state index < -0.39 is 30.7 Å². The molecule has 148 valence electrons. The molecule has 0 radical (unpaired) electrons. The van der Waals surface area contributed by atoms with Gasteiger partial charge in [0.2, 0.25) is 0 Å². The second-order valence-electron chi connectivity index (χ2n) is 6.75. The first kappa shape index (κ1) is 21.4. The zero-order chi connectivity index (χ0) is 20.8. The lowest BCUT2D eigenvalue weighted by molar-refractivity contribution is 0.0693. The van der Waals surface area contributed by atoms with Crippen LogP contribution in [0.4, 0.5) is 0 Å². The average molecular weight is 386 g/mol. The maximum atomic E-state index is 12.5. The van der Waals surface area contributed by atoms with Crippen LogP contribution in [0.5, 0.6) is 5.75 Å². The minimum atomic E-state index is -1.90. The van der Waals surface area contributed by atoms with Crippen molar-refractivity contribution in [3.63, 3.8) is 0 Å². The highest BCUT2D eigenvalue weighted by molar-refractivity contribution is 6.43. The van der Waals surface area contributed by atoms with Gasteiger partial charge in [0.25, 0.3) is 5.91 Å². The van der Waals surface area contributed by atoms with E-state index in [-0.39, 0.29) is 17.5 Å². The molecule has 0 aliphatic heterocycles. The molecular weight excluding hydrogens is 363 g/mol. The standard InChI is InChI=1S/C19H23BN2O6/c1-22(2)11-12-5-3-7-14(9-12)18(24)21-16(20(27)28)10-13-6-4-8-15(17(13)23)19(25)26/h3-9,16,23,27-28H,10-11H2,1-2H3,(H,21,24)(H,25,26)/t16-/m0/s1. The molecule has 0 heterocycles. The van der Waals surface area contributed by atoms with Crippen LogP contribution in [0.1, 0.15) is 31.8 Å². The van der Waals surface area contributed by atoms with Crippen LogP contribution in [0.15, 0.2) is 42.5 Å². The molecule has 1 amide bonds. The number of rotatable bonds is 8. The van der Waals surface area contributed by atoms with E-state index in [0.717, 1.165) is 5.56 Å².